The van der Waals surface area contributed by atoms with Gasteiger partial charge in [-0.15, -0.1) is 5.10 Å². The van der Waals surface area contributed by atoms with Gasteiger partial charge < -0.3 is 4.57 Å². The van der Waals surface area contributed by atoms with Crippen molar-refractivity contribution in [3.63, 3.8) is 0 Å². The first-order valence-corrected chi connectivity index (χ1v) is 5.66. The van der Waals surface area contributed by atoms with Crippen molar-refractivity contribution in [3.8, 4) is 0 Å². The van der Waals surface area contributed by atoms with E-state index in [1.807, 2.05) is 19.3 Å². The van der Waals surface area contributed by atoms with Gasteiger partial charge in [0.2, 0.25) is 5.16 Å². The molecular weight excluding hydrogens is 226 g/mol. The van der Waals surface area contributed by atoms with Gasteiger partial charge in [-0.05, 0) is 22.6 Å². The van der Waals surface area contributed by atoms with Crippen LogP contribution in [0.3, 0.4) is 0 Å². The molecule has 0 N–H and O–H groups in total. The molecular formula is C9H11N5OS. The molecule has 16 heavy (non-hydrogen) atoms. The molecule has 0 radical (unpaired) electrons. The number of hydrogen-bond acceptors (Lipinski definition) is 5. The number of ketones is 1. The summed E-state index contributed by atoms with van der Waals surface area (Å²) in [5, 5.41) is 11.6. The number of carbonyl (C=O) groups is 1. The van der Waals surface area contributed by atoms with Gasteiger partial charge in [0.05, 0.1) is 11.4 Å². The first kappa shape index (κ1) is 10.9. The fourth-order valence-corrected chi connectivity index (χ4v) is 2.02. The number of aromatic nitrogens is 5. The van der Waals surface area contributed by atoms with Gasteiger partial charge in [-0.2, -0.15) is 0 Å². The highest BCUT2D eigenvalue weighted by atomic mass is 32.2. The van der Waals surface area contributed by atoms with Crippen molar-refractivity contribution in [2.45, 2.75) is 5.16 Å². The van der Waals surface area contributed by atoms with Crippen LogP contribution >= 0.6 is 11.8 Å². The van der Waals surface area contributed by atoms with Crippen molar-refractivity contribution in [1.82, 2.24) is 24.8 Å². The van der Waals surface area contributed by atoms with E-state index in [-0.39, 0.29) is 5.78 Å². The molecule has 2 aromatic rings. The number of tetrazole rings is 1. The fourth-order valence-electron chi connectivity index (χ4n) is 1.30. The molecule has 0 saturated heterocycles. The molecule has 0 spiro atoms. The third-order valence-electron chi connectivity index (χ3n) is 2.14. The third-order valence-corrected chi connectivity index (χ3v) is 3.15. The Hall–Kier alpha value is -1.63. The Labute approximate surface area is 96.6 Å². The number of carbonyl (C=O) groups excluding carboxylic acids is 1. The highest BCUT2D eigenvalue weighted by molar-refractivity contribution is 7.99. The molecule has 0 amide bonds. The molecule has 2 rings (SSSR count). The summed E-state index contributed by atoms with van der Waals surface area (Å²) < 4.78 is 3.35. The summed E-state index contributed by atoms with van der Waals surface area (Å²) in [6.07, 6.45) is 1.85. The molecule has 2 aromatic heterocycles. The maximum atomic E-state index is 11.8. The molecule has 0 aliphatic carbocycles. The maximum Gasteiger partial charge on any atom is 0.209 e. The molecule has 2 heterocycles. The molecule has 0 saturated carbocycles. The second-order valence-corrected chi connectivity index (χ2v) is 4.24. The Morgan fingerprint density at radius 2 is 2.31 bits per heavy atom. The number of aryl methyl sites for hydroxylation is 2. The summed E-state index contributed by atoms with van der Waals surface area (Å²) in [6.45, 7) is 0. The van der Waals surface area contributed by atoms with E-state index in [9.17, 15) is 4.79 Å². The van der Waals surface area contributed by atoms with Crippen molar-refractivity contribution >= 4 is 17.5 Å². The van der Waals surface area contributed by atoms with Crippen LogP contribution in [0.1, 0.15) is 10.5 Å². The van der Waals surface area contributed by atoms with Gasteiger partial charge in [0, 0.05) is 20.3 Å². The summed E-state index contributed by atoms with van der Waals surface area (Å²) in [6, 6.07) is 3.65. The largest absolute Gasteiger partial charge is 0.348 e. The number of hydrogen-bond donors (Lipinski definition) is 0. The van der Waals surface area contributed by atoms with Crippen LogP contribution < -0.4 is 0 Å². The van der Waals surface area contributed by atoms with E-state index in [0.717, 1.165) is 0 Å². The second-order valence-electron chi connectivity index (χ2n) is 3.30. The van der Waals surface area contributed by atoms with Gasteiger partial charge in [-0.25, -0.2) is 4.68 Å². The normalized spacial score (nSPS) is 10.6. The topological polar surface area (TPSA) is 65.6 Å². The van der Waals surface area contributed by atoms with Crippen molar-refractivity contribution in [2.75, 3.05) is 5.75 Å². The number of nitrogens with zero attached hydrogens (tertiary/aromatic N) is 5. The fraction of sp³-hybridized carbons (Fsp3) is 0.333. The predicted octanol–water partition coefficient (Wildman–Crippen LogP) is 0.524. The van der Waals surface area contributed by atoms with Crippen LogP contribution in [0.2, 0.25) is 0 Å². The van der Waals surface area contributed by atoms with Gasteiger partial charge in [0.1, 0.15) is 0 Å². The van der Waals surface area contributed by atoms with Gasteiger partial charge in [0.15, 0.2) is 5.78 Å². The van der Waals surface area contributed by atoms with Crippen molar-refractivity contribution in [1.29, 1.82) is 0 Å². The van der Waals surface area contributed by atoms with Gasteiger partial charge in [-0.3, -0.25) is 4.79 Å². The average Bonchev–Trinajstić information content (AvgIpc) is 2.84. The van der Waals surface area contributed by atoms with Crippen molar-refractivity contribution in [2.24, 2.45) is 14.1 Å². The van der Waals surface area contributed by atoms with E-state index < -0.39 is 0 Å². The molecule has 0 atom stereocenters. The maximum absolute atomic E-state index is 11.8. The highest BCUT2D eigenvalue weighted by Gasteiger charge is 2.11. The summed E-state index contributed by atoms with van der Waals surface area (Å²) in [5.74, 6) is 0.409. The zero-order chi connectivity index (χ0) is 11.5. The van der Waals surface area contributed by atoms with E-state index in [0.29, 0.717) is 16.6 Å². The van der Waals surface area contributed by atoms with Crippen molar-refractivity contribution < 1.29 is 4.79 Å². The molecule has 84 valence electrons. The Kier molecular flexibility index (Phi) is 3.04. The molecule has 7 heteroatoms. The quantitative estimate of drug-likeness (QED) is 0.573. The van der Waals surface area contributed by atoms with E-state index in [1.165, 1.54) is 11.8 Å². The lowest BCUT2D eigenvalue weighted by Gasteiger charge is -2.01. The molecule has 0 aliphatic rings. The Morgan fingerprint density at radius 3 is 2.88 bits per heavy atom. The Morgan fingerprint density at radius 1 is 1.50 bits per heavy atom. The summed E-state index contributed by atoms with van der Waals surface area (Å²) >= 11 is 1.33. The van der Waals surface area contributed by atoms with Crippen molar-refractivity contribution in [3.05, 3.63) is 24.0 Å². The molecule has 0 aliphatic heterocycles. The monoisotopic (exact) mass is 237 g/mol. The van der Waals surface area contributed by atoms with Crippen LogP contribution in [0.5, 0.6) is 0 Å². The average molecular weight is 237 g/mol. The van der Waals surface area contributed by atoms with Crippen LogP contribution in [0.4, 0.5) is 0 Å². The summed E-state index contributed by atoms with van der Waals surface area (Å²) in [4.78, 5) is 11.8. The van der Waals surface area contributed by atoms with E-state index in [4.69, 9.17) is 0 Å². The lowest BCUT2D eigenvalue weighted by molar-refractivity contribution is 0.101. The molecule has 0 fully saturated rings. The first-order valence-electron chi connectivity index (χ1n) is 4.68. The van der Waals surface area contributed by atoms with Crippen LogP contribution in [0.15, 0.2) is 23.5 Å². The zero-order valence-electron chi connectivity index (χ0n) is 8.99. The minimum Gasteiger partial charge on any atom is -0.348 e. The minimum atomic E-state index is 0.0699. The smallest absolute Gasteiger partial charge is 0.209 e. The second kappa shape index (κ2) is 4.48. The predicted molar refractivity (Wildman–Crippen MR) is 59.3 cm³/mol. The van der Waals surface area contributed by atoms with Crippen LogP contribution in [0.25, 0.3) is 0 Å². The zero-order valence-corrected chi connectivity index (χ0v) is 9.81. The first-order chi connectivity index (χ1) is 7.68. The Bertz CT molecular complexity index is 503. The molecule has 0 aromatic carbocycles. The highest BCUT2D eigenvalue weighted by Crippen LogP contribution is 2.14. The van der Waals surface area contributed by atoms with Crippen LogP contribution in [-0.4, -0.2) is 36.3 Å². The van der Waals surface area contributed by atoms with Crippen LogP contribution in [0, 0.1) is 0 Å². The van der Waals surface area contributed by atoms with Gasteiger partial charge >= 0.3 is 0 Å². The lowest BCUT2D eigenvalue weighted by Crippen LogP contribution is -2.08. The lowest BCUT2D eigenvalue weighted by atomic mass is 10.3. The molecule has 0 unspecified atom stereocenters. The molecule has 6 nitrogen and oxygen atoms in total. The summed E-state index contributed by atoms with van der Waals surface area (Å²) in [7, 11) is 3.59. The minimum absolute atomic E-state index is 0.0699. The Balaban J connectivity index is 1.99. The SMILES string of the molecule is Cn1cccc1C(=O)CSc1nnnn1C. The van der Waals surface area contributed by atoms with E-state index in [2.05, 4.69) is 15.5 Å². The van der Waals surface area contributed by atoms with Crippen LogP contribution in [-0.2, 0) is 14.1 Å². The van der Waals surface area contributed by atoms with E-state index >= 15 is 0 Å². The van der Waals surface area contributed by atoms with E-state index in [1.54, 1.807) is 22.4 Å². The third kappa shape index (κ3) is 2.13. The number of Topliss-reactive ketones (excluding diaryl/α,β-unsaturated/α-hetero) is 1. The van der Waals surface area contributed by atoms with Gasteiger partial charge in [-0.1, -0.05) is 11.8 Å². The number of rotatable bonds is 4. The summed E-state index contributed by atoms with van der Waals surface area (Å²) in [5.41, 5.74) is 0.697. The standard InChI is InChI=1S/C9H11N5OS/c1-13-5-3-4-7(13)8(15)6-16-9-10-11-12-14(9)2/h3-5H,6H2,1-2H3. The molecule has 0 bridgehead atoms. The van der Waals surface area contributed by atoms with Gasteiger partial charge in [0.25, 0.3) is 0 Å². The number of thioether (sulfide) groups is 1.